The van der Waals surface area contributed by atoms with Crippen LogP contribution < -0.4 is 10.1 Å². The van der Waals surface area contributed by atoms with Crippen molar-refractivity contribution in [2.75, 3.05) is 13.2 Å². The molecule has 2 rings (SSSR count). The maximum Gasteiger partial charge on any atom is 0.409 e. The quantitative estimate of drug-likeness (QED) is 0.568. The standard InChI is InChI=1S/C18H23BrN2O4/c1-12(21-17(22)25-18(2,3)4)23-7-8-24-15-10-13-9-14(19)5-6-16(13)20-11-15/h5-6,9-12H,7-8H2,1-4H3,(H,21,22). The number of aromatic nitrogens is 1. The lowest BCUT2D eigenvalue weighted by molar-refractivity contribution is 0.00494. The van der Waals surface area contributed by atoms with Gasteiger partial charge in [0.2, 0.25) is 0 Å². The zero-order valence-corrected chi connectivity index (χ0v) is 16.4. The number of carbonyl (C=O) groups is 1. The third-order valence-corrected chi connectivity index (χ3v) is 3.55. The van der Waals surface area contributed by atoms with Gasteiger partial charge >= 0.3 is 6.09 Å². The van der Waals surface area contributed by atoms with Crippen LogP contribution >= 0.6 is 15.9 Å². The Bertz CT molecular complexity index is 731. The monoisotopic (exact) mass is 410 g/mol. The molecule has 6 nitrogen and oxygen atoms in total. The number of benzene rings is 1. The minimum Gasteiger partial charge on any atom is -0.490 e. The molecular formula is C18H23BrN2O4. The number of nitrogens with zero attached hydrogens (tertiary/aromatic N) is 1. The summed E-state index contributed by atoms with van der Waals surface area (Å²) in [5.74, 6) is 0.668. The van der Waals surface area contributed by atoms with Gasteiger partial charge in [0.1, 0.15) is 24.2 Å². The molecule has 1 heterocycles. The van der Waals surface area contributed by atoms with Crippen LogP contribution in [0.4, 0.5) is 4.79 Å². The lowest BCUT2D eigenvalue weighted by Crippen LogP contribution is -2.39. The summed E-state index contributed by atoms with van der Waals surface area (Å²) in [7, 11) is 0. The van der Waals surface area contributed by atoms with E-state index in [9.17, 15) is 4.79 Å². The van der Waals surface area contributed by atoms with Crippen LogP contribution in [0, 0.1) is 0 Å². The van der Waals surface area contributed by atoms with Gasteiger partial charge < -0.3 is 14.2 Å². The van der Waals surface area contributed by atoms with E-state index in [4.69, 9.17) is 14.2 Å². The average Bonchev–Trinajstić information content (AvgIpc) is 2.49. The smallest absolute Gasteiger partial charge is 0.409 e. The van der Waals surface area contributed by atoms with Crippen molar-refractivity contribution in [3.8, 4) is 5.75 Å². The Morgan fingerprint density at radius 1 is 1.28 bits per heavy atom. The van der Waals surface area contributed by atoms with Crippen LogP contribution in [0.3, 0.4) is 0 Å². The van der Waals surface area contributed by atoms with E-state index in [1.54, 1.807) is 13.1 Å². The van der Waals surface area contributed by atoms with Crippen molar-refractivity contribution in [3.05, 3.63) is 34.9 Å². The fourth-order valence-corrected chi connectivity index (χ4v) is 2.44. The molecule has 2 aromatic rings. The van der Waals surface area contributed by atoms with Gasteiger partial charge in [0.05, 0.1) is 18.3 Å². The molecule has 1 aromatic carbocycles. The maximum absolute atomic E-state index is 11.6. The van der Waals surface area contributed by atoms with E-state index >= 15 is 0 Å². The highest BCUT2D eigenvalue weighted by molar-refractivity contribution is 9.10. The number of alkyl carbamates (subject to hydrolysis) is 1. The molecule has 0 aliphatic carbocycles. The third kappa shape index (κ3) is 6.88. The summed E-state index contributed by atoms with van der Waals surface area (Å²) >= 11 is 3.44. The molecule has 0 radical (unpaired) electrons. The Morgan fingerprint density at radius 2 is 2.04 bits per heavy atom. The van der Waals surface area contributed by atoms with E-state index in [-0.39, 0.29) is 0 Å². The molecule has 1 atom stereocenters. The van der Waals surface area contributed by atoms with Crippen molar-refractivity contribution in [1.29, 1.82) is 0 Å². The molecule has 0 aliphatic rings. The Hall–Kier alpha value is -1.86. The predicted octanol–water partition coefficient (Wildman–Crippen LogP) is 4.26. The zero-order chi connectivity index (χ0) is 18.4. The number of halogens is 1. The van der Waals surface area contributed by atoms with Gasteiger partial charge in [0.15, 0.2) is 0 Å². The number of amides is 1. The first-order chi connectivity index (χ1) is 11.7. The Morgan fingerprint density at radius 3 is 2.76 bits per heavy atom. The second-order valence-corrected chi connectivity index (χ2v) is 7.43. The molecule has 0 aliphatic heterocycles. The van der Waals surface area contributed by atoms with Gasteiger partial charge in [-0.1, -0.05) is 15.9 Å². The summed E-state index contributed by atoms with van der Waals surface area (Å²) in [6, 6.07) is 7.80. The van der Waals surface area contributed by atoms with Crippen LogP contribution in [0.15, 0.2) is 34.9 Å². The molecule has 0 saturated carbocycles. The van der Waals surface area contributed by atoms with E-state index in [0.29, 0.717) is 19.0 Å². The van der Waals surface area contributed by atoms with Crippen molar-refractivity contribution in [3.63, 3.8) is 0 Å². The Kier molecular flexibility index (Phi) is 6.61. The van der Waals surface area contributed by atoms with Gasteiger partial charge in [-0.25, -0.2) is 4.79 Å². The fourth-order valence-electron chi connectivity index (χ4n) is 2.06. The SMILES string of the molecule is CC(NC(=O)OC(C)(C)C)OCCOc1cnc2ccc(Br)cc2c1. The number of pyridine rings is 1. The van der Waals surface area contributed by atoms with E-state index in [0.717, 1.165) is 15.4 Å². The van der Waals surface area contributed by atoms with E-state index < -0.39 is 17.9 Å². The largest absolute Gasteiger partial charge is 0.490 e. The topological polar surface area (TPSA) is 69.7 Å². The minimum atomic E-state index is -0.537. The van der Waals surface area contributed by atoms with Gasteiger partial charge in [-0.3, -0.25) is 10.3 Å². The molecular weight excluding hydrogens is 388 g/mol. The maximum atomic E-state index is 11.6. The second-order valence-electron chi connectivity index (χ2n) is 6.52. The zero-order valence-electron chi connectivity index (χ0n) is 14.8. The van der Waals surface area contributed by atoms with Crippen LogP contribution in [-0.2, 0) is 9.47 Å². The fraction of sp³-hybridized carbons (Fsp3) is 0.444. The van der Waals surface area contributed by atoms with Gasteiger partial charge in [-0.15, -0.1) is 0 Å². The van der Waals surface area contributed by atoms with Crippen LogP contribution in [-0.4, -0.2) is 36.1 Å². The molecule has 0 fully saturated rings. The number of hydrogen-bond acceptors (Lipinski definition) is 5. The van der Waals surface area contributed by atoms with Crippen molar-refractivity contribution >= 4 is 32.9 Å². The van der Waals surface area contributed by atoms with Crippen molar-refractivity contribution < 1.29 is 19.0 Å². The number of ether oxygens (including phenoxy) is 3. The summed E-state index contributed by atoms with van der Waals surface area (Å²) in [4.78, 5) is 16.0. The molecule has 1 N–H and O–H groups in total. The van der Waals surface area contributed by atoms with Crippen molar-refractivity contribution in [1.82, 2.24) is 10.3 Å². The highest BCUT2D eigenvalue weighted by Gasteiger charge is 2.17. The van der Waals surface area contributed by atoms with Crippen molar-refractivity contribution in [2.24, 2.45) is 0 Å². The first-order valence-corrected chi connectivity index (χ1v) is 8.81. The number of hydrogen-bond donors (Lipinski definition) is 1. The average molecular weight is 411 g/mol. The van der Waals surface area contributed by atoms with Crippen LogP contribution in [0.5, 0.6) is 5.75 Å². The van der Waals surface area contributed by atoms with Crippen molar-refractivity contribution in [2.45, 2.75) is 39.5 Å². The third-order valence-electron chi connectivity index (χ3n) is 3.06. The molecule has 1 unspecified atom stereocenters. The van der Waals surface area contributed by atoms with Gasteiger partial charge in [0.25, 0.3) is 0 Å². The predicted molar refractivity (Wildman–Crippen MR) is 99.7 cm³/mol. The van der Waals surface area contributed by atoms with Crippen LogP contribution in [0.2, 0.25) is 0 Å². The van der Waals surface area contributed by atoms with Gasteiger partial charge in [-0.2, -0.15) is 0 Å². The molecule has 1 amide bonds. The lowest BCUT2D eigenvalue weighted by Gasteiger charge is -2.22. The number of nitrogens with one attached hydrogen (secondary N) is 1. The van der Waals surface area contributed by atoms with Crippen LogP contribution in [0.1, 0.15) is 27.7 Å². The second kappa shape index (κ2) is 8.49. The lowest BCUT2D eigenvalue weighted by atomic mass is 10.2. The highest BCUT2D eigenvalue weighted by Crippen LogP contribution is 2.22. The molecule has 7 heteroatoms. The summed E-state index contributed by atoms with van der Waals surface area (Å²) < 4.78 is 17.3. The summed E-state index contributed by atoms with van der Waals surface area (Å²) in [6.07, 6.45) is 0.702. The molecule has 0 bridgehead atoms. The first kappa shape index (κ1) is 19.5. The summed E-state index contributed by atoms with van der Waals surface area (Å²) in [5.41, 5.74) is 0.368. The molecule has 0 spiro atoms. The highest BCUT2D eigenvalue weighted by atomic mass is 79.9. The minimum absolute atomic E-state index is 0.327. The van der Waals surface area contributed by atoms with Gasteiger partial charge in [-0.05, 0) is 52.0 Å². The molecule has 136 valence electrons. The van der Waals surface area contributed by atoms with Gasteiger partial charge in [0, 0.05) is 9.86 Å². The van der Waals surface area contributed by atoms with E-state index in [2.05, 4.69) is 26.2 Å². The Balaban J connectivity index is 1.74. The summed E-state index contributed by atoms with van der Waals surface area (Å²) in [5, 5.41) is 3.60. The van der Waals surface area contributed by atoms with Crippen LogP contribution in [0.25, 0.3) is 10.9 Å². The Labute approximate surface area is 156 Å². The molecule has 1 aromatic heterocycles. The molecule has 25 heavy (non-hydrogen) atoms. The normalized spacial score (nSPS) is 12.7. The van der Waals surface area contributed by atoms with E-state index in [1.807, 2.05) is 45.0 Å². The first-order valence-electron chi connectivity index (χ1n) is 8.02. The number of carbonyl (C=O) groups excluding carboxylic acids is 1. The number of rotatable bonds is 6. The summed E-state index contributed by atoms with van der Waals surface area (Å²) in [6.45, 7) is 7.83. The molecule has 0 saturated heterocycles. The number of fused-ring (bicyclic) bond motifs is 1. The van der Waals surface area contributed by atoms with E-state index in [1.165, 1.54) is 0 Å².